The summed E-state index contributed by atoms with van der Waals surface area (Å²) < 4.78 is 1.07. The number of nitrogens with zero attached hydrogens (tertiary/aromatic N) is 2. The van der Waals surface area contributed by atoms with Crippen molar-refractivity contribution in [3.8, 4) is 0 Å². The van der Waals surface area contributed by atoms with E-state index in [0.717, 1.165) is 20.7 Å². The second-order valence-electron chi connectivity index (χ2n) is 4.21. The molecule has 21 heavy (non-hydrogen) atoms. The van der Waals surface area contributed by atoms with Gasteiger partial charge in [0.1, 0.15) is 5.03 Å². The highest BCUT2D eigenvalue weighted by molar-refractivity contribution is 7.98. The van der Waals surface area contributed by atoms with Crippen molar-refractivity contribution in [1.29, 1.82) is 0 Å². The first-order chi connectivity index (χ1) is 10.3. The van der Waals surface area contributed by atoms with Gasteiger partial charge in [0.25, 0.3) is 5.91 Å². The summed E-state index contributed by atoms with van der Waals surface area (Å²) in [6, 6.07) is 7.95. The highest BCUT2D eigenvalue weighted by Crippen LogP contribution is 2.35. The maximum absolute atomic E-state index is 12.0. The van der Waals surface area contributed by atoms with Gasteiger partial charge in [0, 0.05) is 22.8 Å². The van der Waals surface area contributed by atoms with Crippen molar-refractivity contribution in [2.45, 2.75) is 10.8 Å². The number of hydrogen-bond donors (Lipinski definition) is 2. The Morgan fingerprint density at radius 2 is 2.19 bits per heavy atom. The number of rotatable bonds is 4. The van der Waals surface area contributed by atoms with Gasteiger partial charge in [-0.3, -0.25) is 15.2 Å². The molecule has 0 aliphatic carbocycles. The molecule has 7 heteroatoms. The number of amides is 1. The fourth-order valence-electron chi connectivity index (χ4n) is 2.00. The maximum Gasteiger partial charge on any atom is 0.275 e. The summed E-state index contributed by atoms with van der Waals surface area (Å²) in [6.45, 7) is 0. The molecular formula is C14H12N4OS2. The lowest BCUT2D eigenvalue weighted by atomic mass is 10.1. The predicted molar refractivity (Wildman–Crippen MR) is 85.1 cm³/mol. The molecule has 106 valence electrons. The normalized spacial score (nSPS) is 10.7. The van der Waals surface area contributed by atoms with Crippen LogP contribution in [-0.4, -0.2) is 15.9 Å². The molecule has 0 spiro atoms. The van der Waals surface area contributed by atoms with Crippen LogP contribution in [0.1, 0.15) is 15.2 Å². The lowest BCUT2D eigenvalue weighted by molar-refractivity contribution is 0.0957. The molecule has 0 radical (unpaired) electrons. The Morgan fingerprint density at radius 1 is 1.33 bits per heavy atom. The molecule has 0 bridgehead atoms. The molecule has 0 fully saturated rings. The number of hydrogen-bond acceptors (Lipinski definition) is 6. The van der Waals surface area contributed by atoms with E-state index >= 15 is 0 Å². The van der Waals surface area contributed by atoms with E-state index in [4.69, 9.17) is 5.84 Å². The smallest absolute Gasteiger partial charge is 0.275 e. The first kappa shape index (κ1) is 14.0. The molecule has 5 nitrogen and oxygen atoms in total. The van der Waals surface area contributed by atoms with Gasteiger partial charge in [-0.25, -0.2) is 10.8 Å². The van der Waals surface area contributed by atoms with Crippen LogP contribution in [0, 0.1) is 0 Å². The molecule has 0 unspecified atom stereocenters. The third kappa shape index (κ3) is 2.90. The third-order valence-corrected chi connectivity index (χ3v) is 5.09. The minimum Gasteiger partial charge on any atom is -0.289 e. The van der Waals surface area contributed by atoms with Gasteiger partial charge in [0.05, 0.1) is 11.1 Å². The summed E-state index contributed by atoms with van der Waals surface area (Å²) in [4.78, 5) is 20.9. The number of thiophene rings is 1. The fourth-order valence-corrected chi connectivity index (χ4v) is 4.08. The van der Waals surface area contributed by atoms with Crippen LogP contribution in [0.5, 0.6) is 0 Å². The zero-order valence-electron chi connectivity index (χ0n) is 10.9. The monoisotopic (exact) mass is 316 g/mol. The van der Waals surface area contributed by atoms with E-state index in [0.29, 0.717) is 10.6 Å². The fraction of sp³-hybridized carbons (Fsp3) is 0.0714. The first-order valence-electron chi connectivity index (χ1n) is 6.19. The number of nitrogen functional groups attached to an aromatic ring is 1. The van der Waals surface area contributed by atoms with Gasteiger partial charge in [0.2, 0.25) is 0 Å². The largest absolute Gasteiger partial charge is 0.289 e. The molecule has 1 aromatic carbocycles. The maximum atomic E-state index is 12.0. The quantitative estimate of drug-likeness (QED) is 0.335. The van der Waals surface area contributed by atoms with Crippen molar-refractivity contribution in [3.63, 3.8) is 0 Å². The summed E-state index contributed by atoms with van der Waals surface area (Å²) in [5, 5.41) is 1.91. The molecule has 2 aromatic heterocycles. The molecular weight excluding hydrogens is 304 g/mol. The van der Waals surface area contributed by atoms with Gasteiger partial charge in [-0.05, 0) is 17.0 Å². The van der Waals surface area contributed by atoms with E-state index in [1.807, 2.05) is 24.3 Å². The topological polar surface area (TPSA) is 80.9 Å². The lowest BCUT2D eigenvalue weighted by Crippen LogP contribution is -2.29. The van der Waals surface area contributed by atoms with Crippen LogP contribution in [-0.2, 0) is 5.75 Å². The van der Waals surface area contributed by atoms with Crippen LogP contribution in [0.2, 0.25) is 0 Å². The summed E-state index contributed by atoms with van der Waals surface area (Å²) in [6.07, 6.45) is 5.00. The van der Waals surface area contributed by atoms with Crippen molar-refractivity contribution >= 4 is 39.1 Å². The Balaban J connectivity index is 1.97. The van der Waals surface area contributed by atoms with Crippen LogP contribution in [0.15, 0.2) is 47.9 Å². The van der Waals surface area contributed by atoms with Gasteiger partial charge in [0.15, 0.2) is 0 Å². The molecule has 0 saturated heterocycles. The average molecular weight is 316 g/mol. The Bertz CT molecular complexity index is 773. The Hall–Kier alpha value is -1.96. The van der Waals surface area contributed by atoms with Gasteiger partial charge in [-0.15, -0.1) is 23.1 Å². The van der Waals surface area contributed by atoms with Crippen molar-refractivity contribution in [1.82, 2.24) is 15.4 Å². The molecule has 0 atom stereocenters. The SMILES string of the molecule is NNC(=O)c1sc2ccccc2c1CSc1cnccn1. The molecule has 1 amide bonds. The summed E-state index contributed by atoms with van der Waals surface area (Å²) in [7, 11) is 0. The number of benzene rings is 1. The van der Waals surface area contributed by atoms with Crippen LogP contribution in [0.4, 0.5) is 0 Å². The first-order valence-corrected chi connectivity index (χ1v) is 8.00. The van der Waals surface area contributed by atoms with Crippen LogP contribution in [0.25, 0.3) is 10.1 Å². The minimum atomic E-state index is -0.258. The molecule has 3 N–H and O–H groups in total. The lowest BCUT2D eigenvalue weighted by Gasteiger charge is -2.03. The van der Waals surface area contributed by atoms with Crippen LogP contribution < -0.4 is 11.3 Å². The molecule has 3 rings (SSSR count). The summed E-state index contributed by atoms with van der Waals surface area (Å²) in [5.74, 6) is 5.67. The molecule has 2 heterocycles. The average Bonchev–Trinajstić information content (AvgIpc) is 2.92. The molecule has 0 aliphatic heterocycles. The van der Waals surface area contributed by atoms with E-state index in [9.17, 15) is 4.79 Å². The second-order valence-corrected chi connectivity index (χ2v) is 6.26. The Kier molecular flexibility index (Phi) is 4.14. The molecule has 0 aliphatic rings. The summed E-state index contributed by atoms with van der Waals surface area (Å²) >= 11 is 3.00. The number of carbonyl (C=O) groups excluding carboxylic acids is 1. The number of thioether (sulfide) groups is 1. The second kappa shape index (κ2) is 6.21. The van der Waals surface area contributed by atoms with E-state index in [2.05, 4.69) is 15.4 Å². The van der Waals surface area contributed by atoms with E-state index in [-0.39, 0.29) is 5.91 Å². The van der Waals surface area contributed by atoms with E-state index in [1.165, 1.54) is 11.3 Å². The predicted octanol–water partition coefficient (Wildman–Crippen LogP) is 2.59. The standard InChI is InChI=1S/C14H12N4OS2/c15-18-14(19)13-10(8-20-12-7-16-5-6-17-12)9-3-1-2-4-11(9)21-13/h1-7H,8,15H2,(H,18,19). The van der Waals surface area contributed by atoms with Crippen molar-refractivity contribution < 1.29 is 4.79 Å². The Morgan fingerprint density at radius 3 is 2.95 bits per heavy atom. The zero-order valence-corrected chi connectivity index (χ0v) is 12.6. The van der Waals surface area contributed by atoms with Gasteiger partial charge in [-0.1, -0.05) is 18.2 Å². The van der Waals surface area contributed by atoms with Gasteiger partial charge < -0.3 is 0 Å². The number of nitrogens with one attached hydrogen (secondary N) is 1. The molecule has 0 saturated carbocycles. The minimum absolute atomic E-state index is 0.258. The van der Waals surface area contributed by atoms with Crippen LogP contribution >= 0.6 is 23.1 Å². The van der Waals surface area contributed by atoms with Gasteiger partial charge >= 0.3 is 0 Å². The molecule has 3 aromatic rings. The highest BCUT2D eigenvalue weighted by Gasteiger charge is 2.17. The number of carbonyl (C=O) groups is 1. The van der Waals surface area contributed by atoms with E-state index < -0.39 is 0 Å². The van der Waals surface area contributed by atoms with Crippen molar-refractivity contribution in [2.24, 2.45) is 5.84 Å². The van der Waals surface area contributed by atoms with Crippen LogP contribution in [0.3, 0.4) is 0 Å². The number of nitrogens with two attached hydrogens (primary N) is 1. The van der Waals surface area contributed by atoms with Crippen molar-refractivity contribution in [3.05, 3.63) is 53.3 Å². The third-order valence-electron chi connectivity index (χ3n) is 2.94. The van der Waals surface area contributed by atoms with Crippen molar-refractivity contribution in [2.75, 3.05) is 0 Å². The number of fused-ring (bicyclic) bond motifs is 1. The number of aromatic nitrogens is 2. The van der Waals surface area contributed by atoms with Gasteiger partial charge in [-0.2, -0.15) is 0 Å². The summed E-state index contributed by atoms with van der Waals surface area (Å²) in [5.41, 5.74) is 3.20. The zero-order chi connectivity index (χ0) is 14.7. The highest BCUT2D eigenvalue weighted by atomic mass is 32.2. The van der Waals surface area contributed by atoms with E-state index in [1.54, 1.807) is 30.4 Å². The number of hydrazine groups is 1. The Labute approximate surface area is 129 Å².